The number of nitrogens with zero attached hydrogens (tertiary/aromatic N) is 3. The van der Waals surface area contributed by atoms with Crippen molar-refractivity contribution in [2.45, 2.75) is 25.1 Å². The molecule has 1 spiro atoms. The molecular formula is C19H17ClF3N3O3. The van der Waals surface area contributed by atoms with Gasteiger partial charge < -0.3 is 14.4 Å². The van der Waals surface area contributed by atoms with Crippen LogP contribution in [-0.4, -0.2) is 46.6 Å². The number of hydrogen-bond donors (Lipinski definition) is 0. The molecule has 1 saturated carbocycles. The van der Waals surface area contributed by atoms with Crippen molar-refractivity contribution in [3.63, 3.8) is 0 Å². The molecule has 0 radical (unpaired) electrons. The van der Waals surface area contributed by atoms with Gasteiger partial charge in [-0.2, -0.15) is 13.2 Å². The minimum Gasteiger partial charge on any atom is -0.487 e. The molecule has 1 aliphatic carbocycles. The average Bonchev–Trinajstić information content (AvgIpc) is 3.37. The third-order valence-corrected chi connectivity index (χ3v) is 5.50. The molecule has 1 amide bonds. The number of aromatic nitrogens is 2. The predicted molar refractivity (Wildman–Crippen MR) is 96.6 cm³/mol. The van der Waals surface area contributed by atoms with E-state index in [0.29, 0.717) is 6.54 Å². The van der Waals surface area contributed by atoms with E-state index in [1.807, 2.05) is 0 Å². The third-order valence-electron chi connectivity index (χ3n) is 5.24. The van der Waals surface area contributed by atoms with Gasteiger partial charge in [0, 0.05) is 24.4 Å². The lowest BCUT2D eigenvalue weighted by molar-refractivity contribution is -0.139. The number of amides is 1. The molecule has 2 fully saturated rings. The number of para-hydroxylation sites is 1. The first-order valence-corrected chi connectivity index (χ1v) is 9.36. The predicted octanol–water partition coefficient (Wildman–Crippen LogP) is 3.60. The van der Waals surface area contributed by atoms with Gasteiger partial charge in [-0.15, -0.1) is 0 Å². The fourth-order valence-corrected chi connectivity index (χ4v) is 3.68. The van der Waals surface area contributed by atoms with Crippen LogP contribution in [0.5, 0.6) is 11.6 Å². The van der Waals surface area contributed by atoms with Gasteiger partial charge in [0.2, 0.25) is 0 Å². The van der Waals surface area contributed by atoms with Gasteiger partial charge in [0.25, 0.3) is 11.8 Å². The van der Waals surface area contributed by atoms with E-state index >= 15 is 0 Å². The minimum absolute atomic E-state index is 0.0466. The Kier molecular flexibility index (Phi) is 5.02. The fourth-order valence-electron chi connectivity index (χ4n) is 3.52. The quantitative estimate of drug-likeness (QED) is 0.729. The van der Waals surface area contributed by atoms with Gasteiger partial charge in [-0.05, 0) is 25.0 Å². The van der Waals surface area contributed by atoms with E-state index in [0.717, 1.165) is 18.9 Å². The van der Waals surface area contributed by atoms with Crippen LogP contribution in [0.15, 0.2) is 36.7 Å². The number of hydrogen-bond acceptors (Lipinski definition) is 5. The zero-order valence-corrected chi connectivity index (χ0v) is 15.9. The number of benzene rings is 1. The molecule has 2 heterocycles. The van der Waals surface area contributed by atoms with Crippen LogP contribution in [-0.2, 0) is 11.0 Å². The number of ether oxygens (including phenoxy) is 2. The molecule has 6 nitrogen and oxygen atoms in total. The van der Waals surface area contributed by atoms with Gasteiger partial charge in [0.05, 0.1) is 12.1 Å². The molecule has 1 saturated heterocycles. The van der Waals surface area contributed by atoms with E-state index in [1.54, 1.807) is 4.90 Å². The highest BCUT2D eigenvalue weighted by atomic mass is 35.5. The maximum atomic E-state index is 13.2. The highest BCUT2D eigenvalue weighted by Crippen LogP contribution is 2.54. The molecule has 154 valence electrons. The molecule has 0 bridgehead atoms. The Morgan fingerprint density at radius 1 is 1.24 bits per heavy atom. The van der Waals surface area contributed by atoms with E-state index in [4.69, 9.17) is 21.1 Å². The summed E-state index contributed by atoms with van der Waals surface area (Å²) in [4.78, 5) is 21.8. The molecule has 2 aliphatic rings. The summed E-state index contributed by atoms with van der Waals surface area (Å²) in [6.07, 6.45) is -0.628. The topological polar surface area (TPSA) is 64.5 Å². The Morgan fingerprint density at radius 2 is 1.97 bits per heavy atom. The summed E-state index contributed by atoms with van der Waals surface area (Å²) < 4.78 is 50.8. The van der Waals surface area contributed by atoms with Gasteiger partial charge in [0.15, 0.2) is 11.8 Å². The van der Waals surface area contributed by atoms with Gasteiger partial charge in [-0.1, -0.05) is 23.7 Å². The summed E-state index contributed by atoms with van der Waals surface area (Å²) in [5.74, 6) is -0.476. The first-order valence-electron chi connectivity index (χ1n) is 8.98. The Bertz CT molecular complexity index is 921. The standard InChI is InChI=1S/C19H17ClF3N3O3/c20-16-17(25-8-7-24-16)28-10-15(27)26-9-14(18(11-26)5-6-18)29-13-4-2-1-3-12(13)19(21,22)23/h1-4,7-8,14H,5-6,9-11H2/t14-/m1/s1. The molecule has 1 aromatic carbocycles. The van der Waals surface area contributed by atoms with E-state index in [-0.39, 0.29) is 41.3 Å². The molecule has 0 unspecified atom stereocenters. The maximum absolute atomic E-state index is 13.2. The van der Waals surface area contributed by atoms with Crippen molar-refractivity contribution in [3.05, 3.63) is 47.4 Å². The summed E-state index contributed by atoms with van der Waals surface area (Å²) in [7, 11) is 0. The van der Waals surface area contributed by atoms with Crippen molar-refractivity contribution < 1.29 is 27.4 Å². The van der Waals surface area contributed by atoms with Gasteiger partial charge in [-0.25, -0.2) is 9.97 Å². The van der Waals surface area contributed by atoms with Crippen LogP contribution in [0, 0.1) is 5.41 Å². The van der Waals surface area contributed by atoms with Crippen LogP contribution in [0.2, 0.25) is 5.15 Å². The number of halogens is 4. The van der Waals surface area contributed by atoms with Gasteiger partial charge in [-0.3, -0.25) is 4.79 Å². The molecule has 0 N–H and O–H groups in total. The Labute approximate surface area is 169 Å². The molecule has 4 rings (SSSR count). The monoisotopic (exact) mass is 427 g/mol. The van der Waals surface area contributed by atoms with Crippen LogP contribution in [0.1, 0.15) is 18.4 Å². The molecular weight excluding hydrogens is 411 g/mol. The molecule has 1 aromatic heterocycles. The van der Waals surface area contributed by atoms with Crippen molar-refractivity contribution in [2.75, 3.05) is 19.7 Å². The number of carbonyl (C=O) groups is 1. The van der Waals surface area contributed by atoms with Crippen LogP contribution in [0.4, 0.5) is 13.2 Å². The van der Waals surface area contributed by atoms with E-state index in [1.165, 1.54) is 30.6 Å². The zero-order chi connectivity index (χ0) is 20.6. The van der Waals surface area contributed by atoms with Crippen LogP contribution in [0.3, 0.4) is 0 Å². The van der Waals surface area contributed by atoms with Gasteiger partial charge in [0.1, 0.15) is 11.9 Å². The maximum Gasteiger partial charge on any atom is 0.419 e. The lowest BCUT2D eigenvalue weighted by atomic mass is 10.0. The summed E-state index contributed by atoms with van der Waals surface area (Å²) >= 11 is 5.85. The highest BCUT2D eigenvalue weighted by molar-refractivity contribution is 6.30. The Hall–Kier alpha value is -2.55. The first-order chi connectivity index (χ1) is 13.8. The minimum atomic E-state index is -4.51. The summed E-state index contributed by atoms with van der Waals surface area (Å²) in [5.41, 5.74) is -1.13. The van der Waals surface area contributed by atoms with E-state index in [9.17, 15) is 18.0 Å². The smallest absolute Gasteiger partial charge is 0.419 e. The van der Waals surface area contributed by atoms with Crippen LogP contribution in [0.25, 0.3) is 0 Å². The van der Waals surface area contributed by atoms with Crippen molar-refractivity contribution in [2.24, 2.45) is 5.41 Å². The van der Waals surface area contributed by atoms with E-state index in [2.05, 4.69) is 9.97 Å². The van der Waals surface area contributed by atoms with Crippen molar-refractivity contribution in [3.8, 4) is 11.6 Å². The number of rotatable bonds is 5. The highest BCUT2D eigenvalue weighted by Gasteiger charge is 2.58. The van der Waals surface area contributed by atoms with Crippen molar-refractivity contribution >= 4 is 17.5 Å². The number of alkyl halides is 3. The fraction of sp³-hybridized carbons (Fsp3) is 0.421. The SMILES string of the molecule is O=C(COc1nccnc1Cl)N1C[C@@H](Oc2ccccc2C(F)(F)F)C2(CC2)C1. The molecule has 1 atom stereocenters. The lowest BCUT2D eigenvalue weighted by Gasteiger charge is -2.21. The summed E-state index contributed by atoms with van der Waals surface area (Å²) in [6, 6.07) is 5.12. The second kappa shape index (κ2) is 7.37. The second-order valence-corrected chi connectivity index (χ2v) is 7.54. The lowest BCUT2D eigenvalue weighted by Crippen LogP contribution is -2.34. The number of carbonyl (C=O) groups excluding carboxylic acids is 1. The third kappa shape index (κ3) is 4.10. The summed E-state index contributed by atoms with van der Waals surface area (Å²) in [6.45, 7) is 0.325. The molecule has 10 heteroatoms. The van der Waals surface area contributed by atoms with Crippen molar-refractivity contribution in [1.29, 1.82) is 0 Å². The number of likely N-dealkylation sites (tertiary alicyclic amines) is 1. The van der Waals surface area contributed by atoms with Gasteiger partial charge >= 0.3 is 6.18 Å². The zero-order valence-electron chi connectivity index (χ0n) is 15.2. The second-order valence-electron chi connectivity index (χ2n) is 7.18. The molecule has 1 aliphatic heterocycles. The largest absolute Gasteiger partial charge is 0.487 e. The van der Waals surface area contributed by atoms with Crippen LogP contribution < -0.4 is 9.47 Å². The van der Waals surface area contributed by atoms with Crippen LogP contribution >= 0.6 is 11.6 Å². The Balaban J connectivity index is 1.43. The molecule has 29 heavy (non-hydrogen) atoms. The Morgan fingerprint density at radius 3 is 2.66 bits per heavy atom. The normalized spacial score (nSPS) is 20.0. The average molecular weight is 428 g/mol. The summed E-state index contributed by atoms with van der Waals surface area (Å²) in [5, 5.41) is 0.0466. The molecule has 2 aromatic rings. The first kappa shape index (κ1) is 19.8. The van der Waals surface area contributed by atoms with E-state index < -0.39 is 17.8 Å². The van der Waals surface area contributed by atoms with Crippen molar-refractivity contribution in [1.82, 2.24) is 14.9 Å².